The summed E-state index contributed by atoms with van der Waals surface area (Å²) in [6.45, 7) is 5.52. The summed E-state index contributed by atoms with van der Waals surface area (Å²) >= 11 is 11.7. The molecule has 0 saturated carbocycles. The predicted octanol–water partition coefficient (Wildman–Crippen LogP) is 4.56. The number of ether oxygens (including phenoxy) is 1. The number of Topliss-reactive ketones (excluding diaryl/α,β-unsaturated/α-hetero) is 1. The van der Waals surface area contributed by atoms with Crippen LogP contribution < -0.4 is 0 Å². The molecule has 0 aromatic heterocycles. The second-order valence-corrected chi connectivity index (χ2v) is 5.82. The molecule has 1 rings (SSSR count). The van der Waals surface area contributed by atoms with Crippen molar-refractivity contribution in [2.45, 2.75) is 33.1 Å². The third kappa shape index (κ3) is 6.95. The molecule has 4 heteroatoms. The van der Waals surface area contributed by atoms with Crippen molar-refractivity contribution in [3.8, 4) is 0 Å². The van der Waals surface area contributed by atoms with Gasteiger partial charge in [-0.15, -0.1) is 0 Å². The van der Waals surface area contributed by atoms with Gasteiger partial charge in [0, 0.05) is 19.4 Å². The lowest BCUT2D eigenvalue weighted by molar-refractivity contribution is -0.119. The topological polar surface area (TPSA) is 26.3 Å². The summed E-state index contributed by atoms with van der Waals surface area (Å²) in [6, 6.07) is 5.28. The van der Waals surface area contributed by atoms with Crippen LogP contribution in [0.5, 0.6) is 0 Å². The summed E-state index contributed by atoms with van der Waals surface area (Å²) < 4.78 is 5.43. The van der Waals surface area contributed by atoms with Gasteiger partial charge in [-0.1, -0.05) is 43.1 Å². The molecule has 0 radical (unpaired) electrons. The third-order valence-corrected chi connectivity index (χ3v) is 3.49. The van der Waals surface area contributed by atoms with E-state index in [1.807, 2.05) is 6.07 Å². The number of carbonyl (C=O) groups is 1. The maximum absolute atomic E-state index is 11.7. The zero-order valence-corrected chi connectivity index (χ0v) is 12.9. The van der Waals surface area contributed by atoms with E-state index in [1.54, 1.807) is 12.1 Å². The number of carbonyl (C=O) groups excluding carboxylic acids is 1. The van der Waals surface area contributed by atoms with Gasteiger partial charge in [0.25, 0.3) is 0 Å². The number of ketones is 1. The van der Waals surface area contributed by atoms with Crippen molar-refractivity contribution in [3.05, 3.63) is 33.8 Å². The van der Waals surface area contributed by atoms with Gasteiger partial charge in [0.1, 0.15) is 5.78 Å². The van der Waals surface area contributed by atoms with E-state index in [2.05, 4.69) is 13.8 Å². The highest BCUT2D eigenvalue weighted by Gasteiger charge is 2.06. The first kappa shape index (κ1) is 16.5. The van der Waals surface area contributed by atoms with Crippen molar-refractivity contribution in [2.75, 3.05) is 13.2 Å². The molecule has 0 amide bonds. The lowest BCUT2D eigenvalue weighted by Crippen LogP contribution is -2.08. The zero-order chi connectivity index (χ0) is 14.3. The molecule has 0 fully saturated rings. The van der Waals surface area contributed by atoms with Gasteiger partial charge >= 0.3 is 0 Å². The number of halogens is 2. The van der Waals surface area contributed by atoms with Gasteiger partial charge in [0.15, 0.2) is 0 Å². The first-order valence-corrected chi connectivity index (χ1v) is 7.28. The normalized spacial score (nSPS) is 11.0. The van der Waals surface area contributed by atoms with Crippen LogP contribution in [0, 0.1) is 5.92 Å². The fourth-order valence-electron chi connectivity index (χ4n) is 1.57. The Morgan fingerprint density at radius 2 is 1.95 bits per heavy atom. The molecule has 0 saturated heterocycles. The van der Waals surface area contributed by atoms with Crippen molar-refractivity contribution < 1.29 is 9.53 Å². The quantitative estimate of drug-likeness (QED) is 0.658. The standard InChI is InChI=1S/C15H20Cl2O2/c1-11(2)5-7-19-8-6-13(18)9-12-3-4-14(16)15(17)10-12/h3-4,10-11H,5-9H2,1-2H3. The van der Waals surface area contributed by atoms with Crippen molar-refractivity contribution in [3.63, 3.8) is 0 Å². The van der Waals surface area contributed by atoms with Crippen LogP contribution in [0.15, 0.2) is 18.2 Å². The molecule has 0 bridgehead atoms. The fourth-order valence-corrected chi connectivity index (χ4v) is 1.89. The van der Waals surface area contributed by atoms with Crippen molar-refractivity contribution in [1.29, 1.82) is 0 Å². The summed E-state index contributed by atoms with van der Waals surface area (Å²) in [5, 5.41) is 0.995. The van der Waals surface area contributed by atoms with Crippen LogP contribution in [0.1, 0.15) is 32.3 Å². The molecular weight excluding hydrogens is 283 g/mol. The highest BCUT2D eigenvalue weighted by molar-refractivity contribution is 6.42. The van der Waals surface area contributed by atoms with E-state index >= 15 is 0 Å². The Hall–Kier alpha value is -0.570. The molecule has 1 aromatic carbocycles. The van der Waals surface area contributed by atoms with Crippen LogP contribution in [-0.2, 0) is 16.0 Å². The van der Waals surface area contributed by atoms with E-state index in [0.717, 1.165) is 18.6 Å². The Kier molecular flexibility index (Phi) is 7.44. The second kappa shape index (κ2) is 8.57. The van der Waals surface area contributed by atoms with Gasteiger partial charge in [-0.05, 0) is 30.0 Å². The predicted molar refractivity (Wildman–Crippen MR) is 80.1 cm³/mol. The average molecular weight is 303 g/mol. The number of benzene rings is 1. The molecule has 1 aromatic rings. The van der Waals surface area contributed by atoms with Crippen LogP contribution in [0.2, 0.25) is 10.0 Å². The Morgan fingerprint density at radius 1 is 1.21 bits per heavy atom. The highest BCUT2D eigenvalue weighted by atomic mass is 35.5. The molecule has 0 heterocycles. The number of rotatable bonds is 8. The summed E-state index contributed by atoms with van der Waals surface area (Å²) in [5.74, 6) is 0.787. The average Bonchev–Trinajstić information content (AvgIpc) is 2.33. The molecule has 0 atom stereocenters. The molecule has 106 valence electrons. The summed E-state index contributed by atoms with van der Waals surface area (Å²) in [4.78, 5) is 11.7. The van der Waals surface area contributed by atoms with Crippen LogP contribution in [0.25, 0.3) is 0 Å². The van der Waals surface area contributed by atoms with Gasteiger partial charge in [0.05, 0.1) is 16.7 Å². The smallest absolute Gasteiger partial charge is 0.139 e. The Balaban J connectivity index is 2.25. The van der Waals surface area contributed by atoms with Crippen LogP contribution in [0.3, 0.4) is 0 Å². The zero-order valence-electron chi connectivity index (χ0n) is 11.4. The minimum atomic E-state index is 0.155. The third-order valence-electron chi connectivity index (χ3n) is 2.75. The van der Waals surface area contributed by atoms with Gasteiger partial charge in [0.2, 0.25) is 0 Å². The van der Waals surface area contributed by atoms with Gasteiger partial charge in [-0.2, -0.15) is 0 Å². The van der Waals surface area contributed by atoms with E-state index in [-0.39, 0.29) is 5.78 Å². The van der Waals surface area contributed by atoms with E-state index < -0.39 is 0 Å². The van der Waals surface area contributed by atoms with Crippen LogP contribution >= 0.6 is 23.2 Å². The first-order valence-electron chi connectivity index (χ1n) is 6.52. The largest absolute Gasteiger partial charge is 0.381 e. The molecule has 0 spiro atoms. The molecule has 2 nitrogen and oxygen atoms in total. The van der Waals surface area contributed by atoms with E-state index in [1.165, 1.54) is 0 Å². The van der Waals surface area contributed by atoms with Crippen molar-refractivity contribution in [2.24, 2.45) is 5.92 Å². The molecule has 0 unspecified atom stereocenters. The molecule has 0 aliphatic rings. The lowest BCUT2D eigenvalue weighted by atomic mass is 10.1. The summed E-state index contributed by atoms with van der Waals surface area (Å²) in [5.41, 5.74) is 0.890. The van der Waals surface area contributed by atoms with Crippen LogP contribution in [-0.4, -0.2) is 19.0 Å². The molecule has 0 aliphatic heterocycles. The molecular formula is C15H20Cl2O2. The Morgan fingerprint density at radius 3 is 2.58 bits per heavy atom. The molecule has 0 N–H and O–H groups in total. The van der Waals surface area contributed by atoms with Crippen molar-refractivity contribution >= 4 is 29.0 Å². The summed E-state index contributed by atoms with van der Waals surface area (Å²) in [6.07, 6.45) is 1.85. The van der Waals surface area contributed by atoms with Gasteiger partial charge in [-0.3, -0.25) is 4.79 Å². The lowest BCUT2D eigenvalue weighted by Gasteiger charge is -2.06. The maximum Gasteiger partial charge on any atom is 0.139 e. The van der Waals surface area contributed by atoms with Gasteiger partial charge in [-0.25, -0.2) is 0 Å². The van der Waals surface area contributed by atoms with Crippen LogP contribution in [0.4, 0.5) is 0 Å². The maximum atomic E-state index is 11.7. The second-order valence-electron chi connectivity index (χ2n) is 5.01. The van der Waals surface area contributed by atoms with E-state index in [0.29, 0.717) is 35.4 Å². The number of hydrogen-bond acceptors (Lipinski definition) is 2. The summed E-state index contributed by atoms with van der Waals surface area (Å²) in [7, 11) is 0. The molecule has 19 heavy (non-hydrogen) atoms. The monoisotopic (exact) mass is 302 g/mol. The first-order chi connectivity index (χ1) is 8.99. The van der Waals surface area contributed by atoms with E-state index in [4.69, 9.17) is 27.9 Å². The highest BCUT2D eigenvalue weighted by Crippen LogP contribution is 2.22. The Bertz CT molecular complexity index is 417. The minimum Gasteiger partial charge on any atom is -0.381 e. The van der Waals surface area contributed by atoms with E-state index in [9.17, 15) is 4.79 Å². The molecule has 0 aliphatic carbocycles. The fraction of sp³-hybridized carbons (Fsp3) is 0.533. The number of hydrogen-bond donors (Lipinski definition) is 0. The SMILES string of the molecule is CC(C)CCOCCC(=O)Cc1ccc(Cl)c(Cl)c1. The van der Waals surface area contributed by atoms with Crippen molar-refractivity contribution in [1.82, 2.24) is 0 Å². The Labute approximate surface area is 125 Å². The van der Waals surface area contributed by atoms with Gasteiger partial charge < -0.3 is 4.74 Å². The minimum absolute atomic E-state index is 0.155.